The number of amidine groups is 1. The zero-order valence-corrected chi connectivity index (χ0v) is 9.66. The van der Waals surface area contributed by atoms with Gasteiger partial charge in [-0.15, -0.1) is 0 Å². The molecule has 3 rings (SSSR count). The summed E-state index contributed by atoms with van der Waals surface area (Å²) in [6.45, 7) is 9.00. The molecule has 3 nitrogen and oxygen atoms in total. The average Bonchev–Trinajstić information content (AvgIpc) is 2.63. The van der Waals surface area contributed by atoms with E-state index in [1.54, 1.807) is 0 Å². The lowest BCUT2D eigenvalue weighted by Crippen LogP contribution is -2.54. The topological polar surface area (TPSA) is 18.8 Å². The number of hydrogen-bond donors (Lipinski definition) is 0. The van der Waals surface area contributed by atoms with Gasteiger partial charge in [0.1, 0.15) is 5.84 Å². The summed E-state index contributed by atoms with van der Waals surface area (Å²) >= 11 is 0. The van der Waals surface area contributed by atoms with Gasteiger partial charge in [-0.3, -0.25) is 4.90 Å². The Balaban J connectivity index is 1.85. The molecule has 0 amide bonds. The quantitative estimate of drug-likeness (QED) is 0.596. The minimum Gasteiger partial charge on any atom is -0.353 e. The van der Waals surface area contributed by atoms with Crippen molar-refractivity contribution in [2.24, 2.45) is 4.99 Å². The number of allylic oxidation sites excluding steroid dienone is 1. The van der Waals surface area contributed by atoms with Gasteiger partial charge < -0.3 is 4.90 Å². The highest BCUT2D eigenvalue weighted by Crippen LogP contribution is 2.26. The molecule has 0 bridgehead atoms. The number of rotatable bonds is 0. The fraction of sp³-hybridized carbons (Fsp3) is 0.750. The fourth-order valence-corrected chi connectivity index (χ4v) is 2.90. The van der Waals surface area contributed by atoms with Crippen molar-refractivity contribution in [1.29, 1.82) is 0 Å². The molecule has 0 N–H and O–H groups in total. The predicted octanol–water partition coefficient (Wildman–Crippen LogP) is 1.47. The zero-order valence-electron chi connectivity index (χ0n) is 9.66. The van der Waals surface area contributed by atoms with Crippen LogP contribution in [0.25, 0.3) is 0 Å². The van der Waals surface area contributed by atoms with Gasteiger partial charge in [-0.25, -0.2) is 4.99 Å². The molecule has 2 saturated heterocycles. The highest BCUT2D eigenvalue weighted by atomic mass is 15.3. The third-order valence-electron chi connectivity index (χ3n) is 3.98. The number of fused-ring (bicyclic) bond motifs is 2. The maximum Gasteiger partial charge on any atom is 0.119 e. The van der Waals surface area contributed by atoms with Gasteiger partial charge in [-0.1, -0.05) is 0 Å². The summed E-state index contributed by atoms with van der Waals surface area (Å²) < 4.78 is 0. The molecule has 1 atom stereocenters. The first kappa shape index (κ1) is 9.40. The number of nitrogens with zero attached hydrogens (tertiary/aromatic N) is 3. The molecule has 0 aromatic carbocycles. The van der Waals surface area contributed by atoms with Crippen LogP contribution in [-0.2, 0) is 0 Å². The molecule has 3 heterocycles. The molecule has 3 heteroatoms. The van der Waals surface area contributed by atoms with Crippen LogP contribution in [0.1, 0.15) is 26.7 Å². The second-order valence-electron chi connectivity index (χ2n) is 5.04. The van der Waals surface area contributed by atoms with E-state index in [0.29, 0.717) is 0 Å². The Morgan fingerprint density at radius 2 is 2.13 bits per heavy atom. The van der Waals surface area contributed by atoms with Crippen LogP contribution < -0.4 is 0 Å². The molecular formula is C12H19N3. The second kappa shape index (κ2) is 3.34. The van der Waals surface area contributed by atoms with Crippen molar-refractivity contribution in [3.05, 3.63) is 11.3 Å². The number of hydrogen-bond acceptors (Lipinski definition) is 3. The highest BCUT2D eigenvalue weighted by Gasteiger charge is 2.34. The SMILES string of the molecule is CC1=C(C)N=C2CN3CCCC3CN2C1. The monoisotopic (exact) mass is 205 g/mol. The van der Waals surface area contributed by atoms with Gasteiger partial charge in [0, 0.05) is 24.8 Å². The molecule has 2 fully saturated rings. The van der Waals surface area contributed by atoms with Crippen LogP contribution in [0.15, 0.2) is 16.3 Å². The lowest BCUT2D eigenvalue weighted by molar-refractivity contribution is 0.199. The van der Waals surface area contributed by atoms with E-state index in [0.717, 1.165) is 19.1 Å². The first-order chi connectivity index (χ1) is 7.24. The molecule has 0 aromatic heterocycles. The van der Waals surface area contributed by atoms with Crippen LogP contribution in [0.3, 0.4) is 0 Å². The van der Waals surface area contributed by atoms with Crippen molar-refractivity contribution in [1.82, 2.24) is 9.80 Å². The predicted molar refractivity (Wildman–Crippen MR) is 62.0 cm³/mol. The van der Waals surface area contributed by atoms with Gasteiger partial charge in [-0.05, 0) is 38.8 Å². The van der Waals surface area contributed by atoms with E-state index in [4.69, 9.17) is 4.99 Å². The summed E-state index contributed by atoms with van der Waals surface area (Å²) in [5.74, 6) is 1.30. The molecule has 3 aliphatic heterocycles. The van der Waals surface area contributed by atoms with Gasteiger partial charge in [0.05, 0.1) is 6.54 Å². The second-order valence-corrected chi connectivity index (χ2v) is 5.04. The minimum absolute atomic E-state index is 0.801. The maximum atomic E-state index is 4.73. The fourth-order valence-electron chi connectivity index (χ4n) is 2.90. The standard InChI is InChI=1S/C12H19N3/c1-9-6-15-7-11-4-3-5-14(11)8-12(15)13-10(9)2/h11H,3-8H2,1-2H3. The van der Waals surface area contributed by atoms with Gasteiger partial charge in [0.25, 0.3) is 0 Å². The van der Waals surface area contributed by atoms with E-state index < -0.39 is 0 Å². The summed E-state index contributed by atoms with van der Waals surface area (Å²) in [4.78, 5) is 9.81. The van der Waals surface area contributed by atoms with Crippen molar-refractivity contribution < 1.29 is 0 Å². The average molecular weight is 205 g/mol. The van der Waals surface area contributed by atoms with E-state index in [-0.39, 0.29) is 0 Å². The van der Waals surface area contributed by atoms with Crippen molar-refractivity contribution in [3.63, 3.8) is 0 Å². The summed E-state index contributed by atoms with van der Waals surface area (Å²) in [6, 6.07) is 0.801. The molecule has 0 aromatic rings. The molecule has 3 aliphatic rings. The van der Waals surface area contributed by atoms with Crippen LogP contribution in [0.4, 0.5) is 0 Å². The lowest BCUT2D eigenvalue weighted by atomic mass is 10.1. The molecule has 0 saturated carbocycles. The third kappa shape index (κ3) is 1.49. The summed E-state index contributed by atoms with van der Waals surface area (Å²) in [6.07, 6.45) is 2.75. The van der Waals surface area contributed by atoms with E-state index in [9.17, 15) is 0 Å². The number of piperazine rings is 1. The van der Waals surface area contributed by atoms with Crippen LogP contribution in [0.5, 0.6) is 0 Å². The zero-order chi connectivity index (χ0) is 10.4. The van der Waals surface area contributed by atoms with Crippen LogP contribution in [0.2, 0.25) is 0 Å². The van der Waals surface area contributed by atoms with Gasteiger partial charge in [-0.2, -0.15) is 0 Å². The van der Waals surface area contributed by atoms with Crippen molar-refractivity contribution in [3.8, 4) is 0 Å². The highest BCUT2D eigenvalue weighted by molar-refractivity contribution is 5.87. The first-order valence-corrected chi connectivity index (χ1v) is 5.97. The van der Waals surface area contributed by atoms with Gasteiger partial charge in [0.2, 0.25) is 0 Å². The molecule has 0 aliphatic carbocycles. The van der Waals surface area contributed by atoms with Crippen molar-refractivity contribution in [2.75, 3.05) is 26.2 Å². The minimum atomic E-state index is 0.801. The van der Waals surface area contributed by atoms with Crippen LogP contribution in [-0.4, -0.2) is 47.9 Å². The third-order valence-corrected chi connectivity index (χ3v) is 3.98. The summed E-state index contributed by atoms with van der Waals surface area (Å²) in [7, 11) is 0. The Labute approximate surface area is 91.5 Å². The molecule has 0 radical (unpaired) electrons. The van der Waals surface area contributed by atoms with E-state index in [1.165, 1.54) is 43.0 Å². The molecule has 15 heavy (non-hydrogen) atoms. The lowest BCUT2D eigenvalue weighted by Gasteiger charge is -2.41. The van der Waals surface area contributed by atoms with Gasteiger partial charge >= 0.3 is 0 Å². The summed E-state index contributed by atoms with van der Waals surface area (Å²) in [5, 5.41) is 0. The van der Waals surface area contributed by atoms with Crippen molar-refractivity contribution >= 4 is 5.84 Å². The van der Waals surface area contributed by atoms with E-state index >= 15 is 0 Å². The Morgan fingerprint density at radius 3 is 3.00 bits per heavy atom. The van der Waals surface area contributed by atoms with Crippen LogP contribution in [0, 0.1) is 0 Å². The normalized spacial score (nSPS) is 31.5. The van der Waals surface area contributed by atoms with Gasteiger partial charge in [0.15, 0.2) is 0 Å². The Hall–Kier alpha value is -0.830. The maximum absolute atomic E-state index is 4.73. The first-order valence-electron chi connectivity index (χ1n) is 5.97. The van der Waals surface area contributed by atoms with E-state index in [1.807, 2.05) is 0 Å². The Kier molecular flexibility index (Phi) is 2.09. The van der Waals surface area contributed by atoms with Crippen LogP contribution >= 0.6 is 0 Å². The summed E-state index contributed by atoms with van der Waals surface area (Å²) in [5.41, 5.74) is 2.67. The van der Waals surface area contributed by atoms with Crippen molar-refractivity contribution in [2.45, 2.75) is 32.7 Å². The molecule has 1 unspecified atom stereocenters. The smallest absolute Gasteiger partial charge is 0.119 e. The Morgan fingerprint density at radius 1 is 1.27 bits per heavy atom. The Bertz CT molecular complexity index is 343. The molecule has 82 valence electrons. The molecular weight excluding hydrogens is 186 g/mol. The largest absolute Gasteiger partial charge is 0.353 e. The molecule has 0 spiro atoms. The van der Waals surface area contributed by atoms with E-state index in [2.05, 4.69) is 23.6 Å². The number of aliphatic imine (C=N–C) groups is 1.